The molecule has 4 nitrogen and oxygen atoms in total. The number of ketones is 1. The molecule has 15 heavy (non-hydrogen) atoms. The van der Waals surface area contributed by atoms with Crippen LogP contribution in [0.2, 0.25) is 0 Å². The molecule has 4 heteroatoms. The molecule has 0 amide bonds. The maximum Gasteiger partial charge on any atom is 0.157 e. The summed E-state index contributed by atoms with van der Waals surface area (Å²) in [7, 11) is 3.37. The summed E-state index contributed by atoms with van der Waals surface area (Å²) in [6.07, 6.45) is 3.24. The van der Waals surface area contributed by atoms with Crippen molar-refractivity contribution in [3.05, 3.63) is 11.8 Å². The van der Waals surface area contributed by atoms with E-state index in [9.17, 15) is 4.79 Å². The molecular formula is C11H19NO3. The van der Waals surface area contributed by atoms with Crippen LogP contribution in [0.5, 0.6) is 0 Å². The van der Waals surface area contributed by atoms with Crippen LogP contribution in [0.4, 0.5) is 0 Å². The summed E-state index contributed by atoms with van der Waals surface area (Å²) in [6, 6.07) is 0. The van der Waals surface area contributed by atoms with E-state index in [-0.39, 0.29) is 5.78 Å². The lowest BCUT2D eigenvalue weighted by molar-refractivity contribution is -0.114. The fourth-order valence-electron chi connectivity index (χ4n) is 1.63. The number of nitrogens with zero attached hydrogens (tertiary/aromatic N) is 1. The highest BCUT2D eigenvalue weighted by atomic mass is 16.5. The lowest BCUT2D eigenvalue weighted by Crippen LogP contribution is -2.29. The minimum absolute atomic E-state index is 0.227. The van der Waals surface area contributed by atoms with E-state index in [1.165, 1.54) is 0 Å². The van der Waals surface area contributed by atoms with Gasteiger partial charge in [0.25, 0.3) is 0 Å². The highest BCUT2D eigenvalue weighted by Crippen LogP contribution is 2.18. The highest BCUT2D eigenvalue weighted by molar-refractivity contribution is 5.92. The first-order valence-electron chi connectivity index (χ1n) is 5.24. The van der Waals surface area contributed by atoms with Crippen LogP contribution in [-0.4, -0.2) is 51.2 Å². The zero-order valence-electron chi connectivity index (χ0n) is 9.49. The van der Waals surface area contributed by atoms with Gasteiger partial charge in [0, 0.05) is 45.5 Å². The summed E-state index contributed by atoms with van der Waals surface area (Å²) in [4.78, 5) is 13.3. The Labute approximate surface area is 90.8 Å². The van der Waals surface area contributed by atoms with Crippen LogP contribution in [0, 0.1) is 0 Å². The number of hydrogen-bond acceptors (Lipinski definition) is 4. The third-order valence-corrected chi connectivity index (χ3v) is 2.49. The quantitative estimate of drug-likeness (QED) is 0.628. The second-order valence-corrected chi connectivity index (χ2v) is 3.57. The van der Waals surface area contributed by atoms with Gasteiger partial charge in [0.15, 0.2) is 5.78 Å². The van der Waals surface area contributed by atoms with Crippen LogP contribution in [0.25, 0.3) is 0 Å². The minimum atomic E-state index is 0.227. The van der Waals surface area contributed by atoms with Gasteiger partial charge in [0.05, 0.1) is 13.2 Å². The molecule has 0 saturated heterocycles. The topological polar surface area (TPSA) is 38.8 Å². The van der Waals surface area contributed by atoms with E-state index in [0.717, 1.165) is 25.2 Å². The maximum atomic E-state index is 11.1. The maximum absolute atomic E-state index is 11.1. The second-order valence-electron chi connectivity index (χ2n) is 3.57. The van der Waals surface area contributed by atoms with Crippen molar-refractivity contribution in [2.45, 2.75) is 12.8 Å². The molecule has 0 unspecified atom stereocenters. The number of allylic oxidation sites excluding steroid dienone is 2. The van der Waals surface area contributed by atoms with Crippen LogP contribution in [0.15, 0.2) is 11.8 Å². The molecule has 0 aromatic heterocycles. The van der Waals surface area contributed by atoms with Crippen LogP contribution in [-0.2, 0) is 14.3 Å². The molecule has 0 saturated carbocycles. The minimum Gasteiger partial charge on any atom is -0.383 e. The van der Waals surface area contributed by atoms with Crippen LogP contribution < -0.4 is 0 Å². The van der Waals surface area contributed by atoms with Crippen molar-refractivity contribution in [3.8, 4) is 0 Å². The van der Waals surface area contributed by atoms with Gasteiger partial charge in [-0.2, -0.15) is 0 Å². The number of ether oxygens (including phenoxy) is 2. The van der Waals surface area contributed by atoms with Crippen LogP contribution in [0.1, 0.15) is 12.8 Å². The number of hydrogen-bond donors (Lipinski definition) is 0. The van der Waals surface area contributed by atoms with Gasteiger partial charge in [-0.3, -0.25) is 4.79 Å². The molecule has 86 valence electrons. The average Bonchev–Trinajstić information content (AvgIpc) is 2.65. The molecule has 1 aliphatic rings. The van der Waals surface area contributed by atoms with E-state index in [4.69, 9.17) is 9.47 Å². The largest absolute Gasteiger partial charge is 0.383 e. The zero-order valence-corrected chi connectivity index (χ0v) is 9.49. The highest BCUT2D eigenvalue weighted by Gasteiger charge is 2.17. The van der Waals surface area contributed by atoms with E-state index in [1.54, 1.807) is 20.3 Å². The van der Waals surface area contributed by atoms with Gasteiger partial charge in [-0.1, -0.05) is 0 Å². The standard InChI is InChI=1S/C11H19NO3/c1-14-7-5-12(6-8-15-2)10-3-4-11(13)9-10/h9H,3-8H2,1-2H3. The van der Waals surface area contributed by atoms with Gasteiger partial charge >= 0.3 is 0 Å². The third kappa shape index (κ3) is 4.01. The smallest absolute Gasteiger partial charge is 0.157 e. The lowest BCUT2D eigenvalue weighted by Gasteiger charge is -2.25. The van der Waals surface area contributed by atoms with Gasteiger partial charge in [0.1, 0.15) is 0 Å². The first-order valence-corrected chi connectivity index (χ1v) is 5.24. The van der Waals surface area contributed by atoms with Crippen molar-refractivity contribution in [3.63, 3.8) is 0 Å². The Balaban J connectivity index is 2.47. The van der Waals surface area contributed by atoms with Crippen LogP contribution >= 0.6 is 0 Å². The Bertz CT molecular complexity index is 230. The Hall–Kier alpha value is -0.870. The second kappa shape index (κ2) is 6.58. The van der Waals surface area contributed by atoms with Crippen molar-refractivity contribution < 1.29 is 14.3 Å². The van der Waals surface area contributed by atoms with E-state index >= 15 is 0 Å². The molecule has 0 aromatic rings. The molecule has 0 N–H and O–H groups in total. The predicted molar refractivity (Wildman–Crippen MR) is 57.6 cm³/mol. The Morgan fingerprint density at radius 1 is 1.20 bits per heavy atom. The average molecular weight is 213 g/mol. The fourth-order valence-corrected chi connectivity index (χ4v) is 1.63. The van der Waals surface area contributed by atoms with E-state index < -0.39 is 0 Å². The Morgan fingerprint density at radius 3 is 2.20 bits per heavy atom. The van der Waals surface area contributed by atoms with Gasteiger partial charge < -0.3 is 14.4 Å². The van der Waals surface area contributed by atoms with E-state index in [0.29, 0.717) is 19.6 Å². The summed E-state index contributed by atoms with van der Waals surface area (Å²) in [5.41, 5.74) is 1.12. The molecule has 0 radical (unpaired) electrons. The predicted octanol–water partition coefficient (Wildman–Crippen LogP) is 0.828. The number of methoxy groups -OCH3 is 2. The molecule has 1 aliphatic carbocycles. The van der Waals surface area contributed by atoms with Crippen molar-refractivity contribution in [2.75, 3.05) is 40.5 Å². The molecule has 0 spiro atoms. The van der Waals surface area contributed by atoms with Gasteiger partial charge in [0.2, 0.25) is 0 Å². The number of carbonyl (C=O) groups excluding carboxylic acids is 1. The molecule has 0 bridgehead atoms. The van der Waals surface area contributed by atoms with Crippen molar-refractivity contribution in [1.29, 1.82) is 0 Å². The monoisotopic (exact) mass is 213 g/mol. The van der Waals surface area contributed by atoms with Gasteiger partial charge in [-0.25, -0.2) is 0 Å². The first-order chi connectivity index (χ1) is 7.27. The first kappa shape index (κ1) is 12.2. The summed E-state index contributed by atoms with van der Waals surface area (Å²) in [6.45, 7) is 2.99. The van der Waals surface area contributed by atoms with Gasteiger partial charge in [-0.05, 0) is 6.42 Å². The molecule has 0 atom stereocenters. The molecule has 0 fully saturated rings. The Kier molecular flexibility index (Phi) is 5.36. The molecular weight excluding hydrogens is 194 g/mol. The molecule has 0 aliphatic heterocycles. The van der Waals surface area contributed by atoms with E-state index in [1.807, 2.05) is 0 Å². The van der Waals surface area contributed by atoms with Crippen molar-refractivity contribution in [2.24, 2.45) is 0 Å². The summed E-state index contributed by atoms with van der Waals surface area (Å²) in [5, 5.41) is 0. The summed E-state index contributed by atoms with van der Waals surface area (Å²) >= 11 is 0. The van der Waals surface area contributed by atoms with Crippen molar-refractivity contribution >= 4 is 5.78 Å². The number of carbonyl (C=O) groups is 1. The van der Waals surface area contributed by atoms with Crippen LogP contribution in [0.3, 0.4) is 0 Å². The third-order valence-electron chi connectivity index (χ3n) is 2.49. The zero-order chi connectivity index (χ0) is 11.1. The fraction of sp³-hybridized carbons (Fsp3) is 0.727. The lowest BCUT2D eigenvalue weighted by atomic mass is 10.3. The SMILES string of the molecule is COCCN(CCOC)C1=CC(=O)CC1. The molecule has 0 aromatic carbocycles. The Morgan fingerprint density at radius 2 is 1.80 bits per heavy atom. The van der Waals surface area contributed by atoms with Crippen molar-refractivity contribution in [1.82, 2.24) is 4.90 Å². The summed E-state index contributed by atoms with van der Waals surface area (Å²) in [5.74, 6) is 0.227. The summed E-state index contributed by atoms with van der Waals surface area (Å²) < 4.78 is 10.1. The molecule has 0 heterocycles. The molecule has 1 rings (SSSR count). The van der Waals surface area contributed by atoms with Gasteiger partial charge in [-0.15, -0.1) is 0 Å². The van der Waals surface area contributed by atoms with E-state index in [2.05, 4.69) is 4.90 Å². The number of rotatable bonds is 7. The normalized spacial score (nSPS) is 15.6.